The Morgan fingerprint density at radius 1 is 1.33 bits per heavy atom. The van der Waals surface area contributed by atoms with Crippen LogP contribution in [0.3, 0.4) is 0 Å². The molecule has 2 heterocycles. The van der Waals surface area contributed by atoms with Gasteiger partial charge in [-0.25, -0.2) is 9.69 Å². The number of amides is 3. The van der Waals surface area contributed by atoms with Crippen LogP contribution in [0.1, 0.15) is 32.3 Å². The van der Waals surface area contributed by atoms with Crippen LogP contribution in [0.2, 0.25) is 0 Å². The zero-order chi connectivity index (χ0) is 15.2. The van der Waals surface area contributed by atoms with Gasteiger partial charge in [0, 0.05) is 13.1 Å². The van der Waals surface area contributed by atoms with Gasteiger partial charge in [0.15, 0.2) is 0 Å². The standard InChI is InChI=1S/C16H21N3O2/c1-16(2)7-4-8-18-13(16)14(20)19(15(18)21)12-6-3-5-11(9-12)10-17/h3,5-6,9,13H,4,7-8,10,17H2,1-2H3. The molecule has 2 saturated heterocycles. The third-order valence-electron chi connectivity index (χ3n) is 4.57. The van der Waals surface area contributed by atoms with Crippen molar-refractivity contribution in [3.63, 3.8) is 0 Å². The molecule has 0 saturated carbocycles. The number of carbonyl (C=O) groups is 2. The van der Waals surface area contributed by atoms with Gasteiger partial charge in [0.1, 0.15) is 6.04 Å². The number of nitrogens with zero attached hydrogens (tertiary/aromatic N) is 2. The van der Waals surface area contributed by atoms with Gasteiger partial charge in [0.05, 0.1) is 5.69 Å². The first kappa shape index (κ1) is 14.1. The molecule has 1 aromatic carbocycles. The summed E-state index contributed by atoms with van der Waals surface area (Å²) in [7, 11) is 0. The third kappa shape index (κ3) is 2.12. The van der Waals surface area contributed by atoms with Gasteiger partial charge in [-0.3, -0.25) is 4.79 Å². The summed E-state index contributed by atoms with van der Waals surface area (Å²) in [6.07, 6.45) is 1.91. The van der Waals surface area contributed by atoms with Crippen LogP contribution < -0.4 is 10.6 Å². The van der Waals surface area contributed by atoms with E-state index in [9.17, 15) is 9.59 Å². The lowest BCUT2D eigenvalue weighted by Crippen LogP contribution is -2.49. The van der Waals surface area contributed by atoms with E-state index in [1.807, 2.05) is 18.2 Å². The van der Waals surface area contributed by atoms with Crippen molar-refractivity contribution < 1.29 is 9.59 Å². The van der Waals surface area contributed by atoms with Crippen molar-refractivity contribution in [2.75, 3.05) is 11.4 Å². The Morgan fingerprint density at radius 2 is 2.10 bits per heavy atom. The van der Waals surface area contributed by atoms with Gasteiger partial charge in [-0.15, -0.1) is 0 Å². The van der Waals surface area contributed by atoms with Crippen molar-refractivity contribution in [1.82, 2.24) is 4.90 Å². The number of urea groups is 1. The molecular formula is C16H21N3O2. The van der Waals surface area contributed by atoms with E-state index in [-0.39, 0.29) is 23.4 Å². The second-order valence-electron chi connectivity index (χ2n) is 6.52. The number of rotatable bonds is 2. The molecular weight excluding hydrogens is 266 g/mol. The molecule has 2 fully saturated rings. The number of hydrogen-bond acceptors (Lipinski definition) is 3. The van der Waals surface area contributed by atoms with E-state index in [4.69, 9.17) is 5.73 Å². The highest BCUT2D eigenvalue weighted by atomic mass is 16.2. The van der Waals surface area contributed by atoms with Crippen molar-refractivity contribution in [2.24, 2.45) is 11.1 Å². The van der Waals surface area contributed by atoms with Crippen LogP contribution in [0, 0.1) is 5.41 Å². The molecule has 0 bridgehead atoms. The van der Waals surface area contributed by atoms with Crippen molar-refractivity contribution in [3.8, 4) is 0 Å². The van der Waals surface area contributed by atoms with E-state index in [0.717, 1.165) is 18.4 Å². The summed E-state index contributed by atoms with van der Waals surface area (Å²) >= 11 is 0. The fourth-order valence-corrected chi connectivity index (χ4v) is 3.47. The Balaban J connectivity index is 2.00. The second kappa shape index (κ2) is 4.84. The van der Waals surface area contributed by atoms with Crippen LogP contribution >= 0.6 is 0 Å². The fourth-order valence-electron chi connectivity index (χ4n) is 3.47. The minimum Gasteiger partial charge on any atom is -0.326 e. The minimum atomic E-state index is -0.347. The first-order chi connectivity index (χ1) is 9.95. The van der Waals surface area contributed by atoms with Gasteiger partial charge in [-0.1, -0.05) is 26.0 Å². The minimum absolute atomic E-state index is 0.112. The average Bonchev–Trinajstić information content (AvgIpc) is 2.71. The highest BCUT2D eigenvalue weighted by molar-refractivity contribution is 6.21. The number of benzene rings is 1. The molecule has 0 radical (unpaired) electrons. The second-order valence-corrected chi connectivity index (χ2v) is 6.52. The quantitative estimate of drug-likeness (QED) is 0.847. The lowest BCUT2D eigenvalue weighted by atomic mass is 9.77. The molecule has 3 amide bonds. The molecule has 1 atom stereocenters. The fraction of sp³-hybridized carbons (Fsp3) is 0.500. The summed E-state index contributed by atoms with van der Waals surface area (Å²) in [4.78, 5) is 28.5. The summed E-state index contributed by atoms with van der Waals surface area (Å²) in [6.45, 7) is 5.18. The van der Waals surface area contributed by atoms with Gasteiger partial charge in [0.2, 0.25) is 0 Å². The number of nitrogens with two attached hydrogens (primary N) is 1. The van der Waals surface area contributed by atoms with Crippen LogP contribution in [0.25, 0.3) is 0 Å². The first-order valence-corrected chi connectivity index (χ1v) is 7.39. The Morgan fingerprint density at radius 3 is 2.76 bits per heavy atom. The zero-order valence-electron chi connectivity index (χ0n) is 12.5. The smallest absolute Gasteiger partial charge is 0.326 e. The van der Waals surface area contributed by atoms with Gasteiger partial charge in [0.25, 0.3) is 5.91 Å². The van der Waals surface area contributed by atoms with E-state index < -0.39 is 0 Å². The van der Waals surface area contributed by atoms with Crippen molar-refractivity contribution >= 4 is 17.6 Å². The zero-order valence-corrected chi connectivity index (χ0v) is 12.5. The van der Waals surface area contributed by atoms with E-state index in [1.165, 1.54) is 4.90 Å². The predicted molar refractivity (Wildman–Crippen MR) is 80.7 cm³/mol. The Bertz CT molecular complexity index is 597. The topological polar surface area (TPSA) is 66.6 Å². The number of imide groups is 1. The Labute approximate surface area is 124 Å². The normalized spacial score (nSPS) is 24.4. The molecule has 0 spiro atoms. The highest BCUT2D eigenvalue weighted by Crippen LogP contribution is 2.41. The molecule has 2 aliphatic rings. The summed E-state index contributed by atoms with van der Waals surface area (Å²) < 4.78 is 0. The van der Waals surface area contributed by atoms with Gasteiger partial charge >= 0.3 is 6.03 Å². The summed E-state index contributed by atoms with van der Waals surface area (Å²) in [5.41, 5.74) is 7.01. The van der Waals surface area contributed by atoms with Gasteiger partial charge in [-0.05, 0) is 36.0 Å². The monoisotopic (exact) mass is 287 g/mol. The Kier molecular flexibility index (Phi) is 3.24. The lowest BCUT2D eigenvalue weighted by molar-refractivity contribution is -0.124. The first-order valence-electron chi connectivity index (χ1n) is 7.39. The maximum atomic E-state index is 12.8. The summed E-state index contributed by atoms with van der Waals surface area (Å²) in [5, 5.41) is 0. The van der Waals surface area contributed by atoms with Crippen molar-refractivity contribution in [2.45, 2.75) is 39.3 Å². The van der Waals surface area contributed by atoms with E-state index in [1.54, 1.807) is 11.0 Å². The van der Waals surface area contributed by atoms with Gasteiger partial charge < -0.3 is 10.6 Å². The number of carbonyl (C=O) groups excluding carboxylic acids is 2. The molecule has 0 aliphatic carbocycles. The SMILES string of the molecule is CC1(C)CCCN2C(=O)N(c3cccc(CN)c3)C(=O)C21. The largest absolute Gasteiger partial charge is 0.332 e. The molecule has 112 valence electrons. The number of hydrogen-bond donors (Lipinski definition) is 1. The van der Waals surface area contributed by atoms with Crippen LogP contribution in [0.5, 0.6) is 0 Å². The lowest BCUT2D eigenvalue weighted by Gasteiger charge is -2.39. The van der Waals surface area contributed by atoms with Crippen molar-refractivity contribution in [3.05, 3.63) is 29.8 Å². The predicted octanol–water partition coefficient (Wildman–Crippen LogP) is 2.10. The maximum absolute atomic E-state index is 12.8. The summed E-state index contributed by atoms with van der Waals surface area (Å²) in [5.74, 6) is -0.112. The maximum Gasteiger partial charge on any atom is 0.332 e. The molecule has 2 N–H and O–H groups in total. The molecule has 0 aromatic heterocycles. The molecule has 5 nitrogen and oxygen atoms in total. The average molecular weight is 287 g/mol. The van der Waals surface area contributed by atoms with Crippen LogP contribution in [-0.4, -0.2) is 29.4 Å². The molecule has 21 heavy (non-hydrogen) atoms. The van der Waals surface area contributed by atoms with Crippen LogP contribution in [-0.2, 0) is 11.3 Å². The van der Waals surface area contributed by atoms with E-state index >= 15 is 0 Å². The molecule has 5 heteroatoms. The molecule has 1 unspecified atom stereocenters. The number of piperidine rings is 1. The third-order valence-corrected chi connectivity index (χ3v) is 4.57. The van der Waals surface area contributed by atoms with E-state index in [0.29, 0.717) is 18.8 Å². The van der Waals surface area contributed by atoms with Gasteiger partial charge in [-0.2, -0.15) is 0 Å². The summed E-state index contributed by atoms with van der Waals surface area (Å²) in [6, 6.07) is 6.79. The van der Waals surface area contributed by atoms with Crippen LogP contribution in [0.4, 0.5) is 10.5 Å². The number of fused-ring (bicyclic) bond motifs is 1. The molecule has 1 aromatic rings. The molecule has 3 rings (SSSR count). The number of anilines is 1. The van der Waals surface area contributed by atoms with Crippen molar-refractivity contribution in [1.29, 1.82) is 0 Å². The van der Waals surface area contributed by atoms with E-state index in [2.05, 4.69) is 13.8 Å². The Hall–Kier alpha value is -1.88. The molecule has 2 aliphatic heterocycles. The van der Waals surface area contributed by atoms with Crippen LogP contribution in [0.15, 0.2) is 24.3 Å². The highest BCUT2D eigenvalue weighted by Gasteiger charge is 2.53.